The van der Waals surface area contributed by atoms with Gasteiger partial charge in [0, 0.05) is 25.0 Å². The molecule has 0 fully saturated rings. The molecule has 0 saturated heterocycles. The first-order chi connectivity index (χ1) is 16.2. The van der Waals surface area contributed by atoms with Crippen molar-refractivity contribution in [2.75, 3.05) is 0 Å². The first kappa shape index (κ1) is 22.6. The molecule has 3 aromatic carbocycles. The first-order valence-electron chi connectivity index (χ1n) is 11.7. The highest BCUT2D eigenvalue weighted by Gasteiger charge is 2.25. The molecule has 0 aliphatic carbocycles. The van der Waals surface area contributed by atoms with Crippen LogP contribution >= 0.6 is 0 Å². The lowest BCUT2D eigenvalue weighted by atomic mass is 9.94. The average Bonchev–Trinajstić information content (AvgIpc) is 3.28. The van der Waals surface area contributed by atoms with Gasteiger partial charge in [0.05, 0.1) is 12.5 Å². The van der Waals surface area contributed by atoms with Crippen LogP contribution in [0, 0.1) is 6.92 Å². The van der Waals surface area contributed by atoms with Crippen molar-refractivity contribution in [2.24, 2.45) is 0 Å². The van der Waals surface area contributed by atoms with Crippen LogP contribution < -0.4 is 0 Å². The van der Waals surface area contributed by atoms with Crippen LogP contribution in [0.3, 0.4) is 0 Å². The zero-order chi connectivity index (χ0) is 23.0. The smallest absolute Gasteiger partial charge is 0.230 e. The van der Waals surface area contributed by atoms with Crippen molar-refractivity contribution in [3.05, 3.63) is 131 Å². The maximum atomic E-state index is 13.8. The number of rotatable bonds is 9. The molecule has 4 rings (SSSR count). The first-order valence-corrected chi connectivity index (χ1v) is 11.7. The summed E-state index contributed by atoms with van der Waals surface area (Å²) in [6.45, 7) is 6.22. The fourth-order valence-corrected chi connectivity index (χ4v) is 4.39. The zero-order valence-electron chi connectivity index (χ0n) is 19.5. The lowest BCUT2D eigenvalue weighted by molar-refractivity contribution is -0.134. The summed E-state index contributed by atoms with van der Waals surface area (Å²) < 4.78 is 2.26. The van der Waals surface area contributed by atoms with Gasteiger partial charge in [-0.25, -0.2) is 0 Å². The lowest BCUT2D eigenvalue weighted by Gasteiger charge is -2.28. The van der Waals surface area contributed by atoms with Crippen molar-refractivity contribution < 1.29 is 4.79 Å². The Bertz CT molecular complexity index is 1160. The number of aromatic nitrogens is 1. The van der Waals surface area contributed by atoms with Gasteiger partial charge < -0.3 is 9.47 Å². The van der Waals surface area contributed by atoms with Crippen LogP contribution in [-0.4, -0.2) is 15.4 Å². The van der Waals surface area contributed by atoms with E-state index in [1.54, 1.807) is 0 Å². The molecule has 0 N–H and O–H groups in total. The molecule has 0 aliphatic rings. The molecular formula is C30H32N2O. The lowest BCUT2D eigenvalue weighted by Crippen LogP contribution is -2.35. The van der Waals surface area contributed by atoms with Gasteiger partial charge in [0.15, 0.2) is 0 Å². The fourth-order valence-electron chi connectivity index (χ4n) is 4.39. The number of carbonyl (C=O) groups is 1. The Hall–Kier alpha value is -3.59. The van der Waals surface area contributed by atoms with Gasteiger partial charge >= 0.3 is 0 Å². The van der Waals surface area contributed by atoms with Crippen molar-refractivity contribution in [3.8, 4) is 0 Å². The zero-order valence-corrected chi connectivity index (χ0v) is 19.5. The second-order valence-electron chi connectivity index (χ2n) is 8.61. The fraction of sp³-hybridized carbons (Fsp3) is 0.233. The number of benzene rings is 3. The normalized spacial score (nSPS) is 11.8. The summed E-state index contributed by atoms with van der Waals surface area (Å²) in [5, 5.41) is 0. The summed E-state index contributed by atoms with van der Waals surface area (Å²) in [6.07, 6.45) is 2.89. The average molecular weight is 437 g/mol. The van der Waals surface area contributed by atoms with E-state index in [4.69, 9.17) is 0 Å². The summed E-state index contributed by atoms with van der Waals surface area (Å²) >= 11 is 0. The van der Waals surface area contributed by atoms with Gasteiger partial charge in [-0.1, -0.05) is 91.9 Å². The molecule has 1 atom stereocenters. The third-order valence-electron chi connectivity index (χ3n) is 6.31. The monoisotopic (exact) mass is 436 g/mol. The molecule has 33 heavy (non-hydrogen) atoms. The van der Waals surface area contributed by atoms with Crippen LogP contribution in [0.1, 0.15) is 47.2 Å². The van der Waals surface area contributed by atoms with Crippen LogP contribution in [0.4, 0.5) is 0 Å². The predicted octanol–water partition coefficient (Wildman–Crippen LogP) is 6.57. The van der Waals surface area contributed by atoms with Crippen molar-refractivity contribution >= 4 is 5.91 Å². The van der Waals surface area contributed by atoms with E-state index < -0.39 is 0 Å². The summed E-state index contributed by atoms with van der Waals surface area (Å²) in [5.41, 5.74) is 5.95. The topological polar surface area (TPSA) is 25.2 Å². The summed E-state index contributed by atoms with van der Waals surface area (Å²) in [4.78, 5) is 15.9. The molecule has 0 bridgehead atoms. The molecule has 4 aromatic rings. The van der Waals surface area contributed by atoms with E-state index in [1.807, 2.05) is 41.3 Å². The number of hydrogen-bond acceptors (Lipinski definition) is 1. The van der Waals surface area contributed by atoms with Crippen molar-refractivity contribution in [2.45, 2.75) is 45.8 Å². The number of amides is 1. The van der Waals surface area contributed by atoms with Crippen molar-refractivity contribution in [1.82, 2.24) is 9.47 Å². The standard InChI is InChI=1S/C30H32N2O/c1-3-29(26-16-8-5-9-17-26)30(33)32(21-25-14-6-4-7-15-25)23-28-19-12-20-31(28)22-27-18-11-10-13-24(27)2/h4-20,29H,3,21-23H2,1-2H3. The Morgan fingerprint density at radius 3 is 2.18 bits per heavy atom. The number of aryl methyl sites for hydroxylation is 1. The van der Waals surface area contributed by atoms with Gasteiger partial charge in [0.1, 0.15) is 0 Å². The third kappa shape index (κ3) is 5.61. The van der Waals surface area contributed by atoms with Gasteiger partial charge in [0.25, 0.3) is 0 Å². The van der Waals surface area contributed by atoms with E-state index >= 15 is 0 Å². The quantitative estimate of drug-likeness (QED) is 0.291. The van der Waals surface area contributed by atoms with Crippen LogP contribution in [0.5, 0.6) is 0 Å². The maximum absolute atomic E-state index is 13.8. The van der Waals surface area contributed by atoms with Gasteiger partial charge in [0.2, 0.25) is 5.91 Å². The molecule has 168 valence electrons. The molecule has 3 heteroatoms. The molecule has 1 aromatic heterocycles. The Kier molecular flexibility index (Phi) is 7.41. The molecule has 1 heterocycles. The molecule has 1 amide bonds. The minimum Gasteiger partial charge on any atom is -0.345 e. The highest BCUT2D eigenvalue weighted by atomic mass is 16.2. The summed E-state index contributed by atoms with van der Waals surface area (Å²) in [5.74, 6) is 0.0332. The Labute approximate surface area is 197 Å². The second kappa shape index (κ2) is 10.8. The Balaban J connectivity index is 1.62. The van der Waals surface area contributed by atoms with Crippen molar-refractivity contribution in [1.29, 1.82) is 0 Å². The SMILES string of the molecule is CCC(C(=O)N(Cc1ccccc1)Cc1cccn1Cc1ccccc1C)c1ccccc1. The highest BCUT2D eigenvalue weighted by Crippen LogP contribution is 2.25. The third-order valence-corrected chi connectivity index (χ3v) is 6.31. The minimum absolute atomic E-state index is 0.144. The van der Waals surface area contributed by atoms with E-state index in [1.165, 1.54) is 11.1 Å². The Morgan fingerprint density at radius 1 is 0.818 bits per heavy atom. The van der Waals surface area contributed by atoms with E-state index in [0.29, 0.717) is 13.1 Å². The van der Waals surface area contributed by atoms with Crippen LogP contribution in [0.25, 0.3) is 0 Å². The van der Waals surface area contributed by atoms with Crippen LogP contribution in [0.2, 0.25) is 0 Å². The van der Waals surface area contributed by atoms with Gasteiger partial charge in [-0.15, -0.1) is 0 Å². The van der Waals surface area contributed by atoms with Gasteiger partial charge in [-0.3, -0.25) is 4.79 Å². The van der Waals surface area contributed by atoms with E-state index in [-0.39, 0.29) is 11.8 Å². The molecule has 0 spiro atoms. The number of hydrogen-bond donors (Lipinski definition) is 0. The molecule has 0 aliphatic heterocycles. The second-order valence-corrected chi connectivity index (χ2v) is 8.61. The van der Waals surface area contributed by atoms with E-state index in [0.717, 1.165) is 29.8 Å². The highest BCUT2D eigenvalue weighted by molar-refractivity contribution is 5.83. The maximum Gasteiger partial charge on any atom is 0.230 e. The minimum atomic E-state index is -0.144. The molecule has 0 radical (unpaired) electrons. The molecule has 0 saturated carbocycles. The molecule has 1 unspecified atom stereocenters. The summed E-state index contributed by atoms with van der Waals surface area (Å²) in [7, 11) is 0. The number of carbonyl (C=O) groups excluding carboxylic acids is 1. The van der Waals surface area contributed by atoms with E-state index in [2.05, 4.69) is 85.3 Å². The molecule has 3 nitrogen and oxygen atoms in total. The van der Waals surface area contributed by atoms with E-state index in [9.17, 15) is 4.79 Å². The van der Waals surface area contributed by atoms with Gasteiger partial charge in [-0.05, 0) is 47.7 Å². The van der Waals surface area contributed by atoms with Crippen molar-refractivity contribution in [3.63, 3.8) is 0 Å². The largest absolute Gasteiger partial charge is 0.345 e. The summed E-state index contributed by atoms with van der Waals surface area (Å²) in [6, 6.07) is 33.1. The van der Waals surface area contributed by atoms with Crippen LogP contribution in [-0.2, 0) is 24.4 Å². The Morgan fingerprint density at radius 2 is 1.48 bits per heavy atom. The predicted molar refractivity (Wildman–Crippen MR) is 135 cm³/mol. The van der Waals surface area contributed by atoms with Gasteiger partial charge in [-0.2, -0.15) is 0 Å². The number of nitrogens with zero attached hydrogens (tertiary/aromatic N) is 2. The van der Waals surface area contributed by atoms with Crippen LogP contribution in [0.15, 0.2) is 103 Å². The molecular weight excluding hydrogens is 404 g/mol.